The highest BCUT2D eigenvalue weighted by Crippen LogP contribution is 2.23. The molecule has 0 amide bonds. The van der Waals surface area contributed by atoms with Gasteiger partial charge in [0.1, 0.15) is 0 Å². The Morgan fingerprint density at radius 2 is 2.21 bits per heavy atom. The van der Waals surface area contributed by atoms with Crippen LogP contribution in [0.1, 0.15) is 10.6 Å². The van der Waals surface area contributed by atoms with Crippen LogP contribution in [0.3, 0.4) is 0 Å². The molecule has 3 rings (SSSR count). The van der Waals surface area contributed by atoms with E-state index in [-0.39, 0.29) is 0 Å². The van der Waals surface area contributed by atoms with E-state index in [1.807, 2.05) is 6.92 Å². The standard InChI is InChI=1S/C14H16N2OS2/c1-10-15-12-8-11(2-3-13(12)19-10)9-14(18)16-4-6-17-7-5-16/h2-3,8H,4-7,9H2,1H3. The van der Waals surface area contributed by atoms with Gasteiger partial charge in [-0.25, -0.2) is 4.98 Å². The predicted octanol–water partition coefficient (Wildman–Crippen LogP) is 2.81. The number of thiazole rings is 1. The number of rotatable bonds is 2. The molecule has 1 aromatic heterocycles. The highest BCUT2D eigenvalue weighted by atomic mass is 32.1. The average molecular weight is 292 g/mol. The van der Waals surface area contributed by atoms with Crippen molar-refractivity contribution in [2.75, 3.05) is 26.3 Å². The maximum Gasteiger partial charge on any atom is 0.0907 e. The Labute approximate surface area is 122 Å². The maximum absolute atomic E-state index is 5.54. The molecule has 2 aromatic rings. The predicted molar refractivity (Wildman–Crippen MR) is 83.1 cm³/mol. The van der Waals surface area contributed by atoms with Gasteiger partial charge in [0.15, 0.2) is 0 Å². The Kier molecular flexibility index (Phi) is 3.77. The van der Waals surface area contributed by atoms with E-state index in [0.717, 1.165) is 48.2 Å². The van der Waals surface area contributed by atoms with Crippen molar-refractivity contribution in [1.29, 1.82) is 0 Å². The molecule has 2 heterocycles. The van der Waals surface area contributed by atoms with Crippen LogP contribution in [0.25, 0.3) is 10.2 Å². The van der Waals surface area contributed by atoms with Gasteiger partial charge in [-0.05, 0) is 24.6 Å². The van der Waals surface area contributed by atoms with Gasteiger partial charge >= 0.3 is 0 Å². The number of thiocarbonyl (C=S) groups is 1. The fraction of sp³-hybridized carbons (Fsp3) is 0.429. The summed E-state index contributed by atoms with van der Waals surface area (Å²) in [4.78, 5) is 7.79. The molecular weight excluding hydrogens is 276 g/mol. The zero-order chi connectivity index (χ0) is 13.2. The molecule has 5 heteroatoms. The summed E-state index contributed by atoms with van der Waals surface area (Å²) in [6.45, 7) is 5.44. The van der Waals surface area contributed by atoms with Crippen LogP contribution in [0.15, 0.2) is 18.2 Å². The molecular formula is C14H16N2OS2. The van der Waals surface area contributed by atoms with Crippen LogP contribution in [0, 0.1) is 6.92 Å². The molecule has 1 saturated heterocycles. The molecule has 1 fully saturated rings. The van der Waals surface area contributed by atoms with Gasteiger partial charge in [0.25, 0.3) is 0 Å². The van der Waals surface area contributed by atoms with E-state index in [1.165, 1.54) is 10.3 Å². The molecule has 0 atom stereocenters. The number of benzene rings is 1. The van der Waals surface area contributed by atoms with Crippen molar-refractivity contribution in [2.24, 2.45) is 0 Å². The Hall–Kier alpha value is -1.04. The number of hydrogen-bond donors (Lipinski definition) is 0. The summed E-state index contributed by atoms with van der Waals surface area (Å²) in [7, 11) is 0. The molecule has 0 saturated carbocycles. The Morgan fingerprint density at radius 3 is 3.00 bits per heavy atom. The molecule has 0 aliphatic carbocycles. The largest absolute Gasteiger partial charge is 0.378 e. The maximum atomic E-state index is 5.54. The average Bonchev–Trinajstić information content (AvgIpc) is 2.79. The number of nitrogens with zero attached hydrogens (tertiary/aromatic N) is 2. The first-order valence-electron chi connectivity index (χ1n) is 6.44. The van der Waals surface area contributed by atoms with E-state index in [2.05, 4.69) is 28.1 Å². The second-order valence-corrected chi connectivity index (χ2v) is 6.41. The van der Waals surface area contributed by atoms with Crippen LogP contribution in [0.4, 0.5) is 0 Å². The lowest BCUT2D eigenvalue weighted by atomic mass is 10.1. The molecule has 1 aliphatic rings. The van der Waals surface area contributed by atoms with E-state index >= 15 is 0 Å². The van der Waals surface area contributed by atoms with Crippen LogP contribution >= 0.6 is 23.6 Å². The monoisotopic (exact) mass is 292 g/mol. The van der Waals surface area contributed by atoms with Gasteiger partial charge < -0.3 is 9.64 Å². The van der Waals surface area contributed by atoms with Gasteiger partial charge in [-0.2, -0.15) is 0 Å². The first kappa shape index (κ1) is 13.0. The summed E-state index contributed by atoms with van der Waals surface area (Å²) >= 11 is 7.27. The fourth-order valence-corrected chi connectivity index (χ4v) is 3.45. The molecule has 0 radical (unpaired) electrons. The van der Waals surface area contributed by atoms with Gasteiger partial charge in [-0.15, -0.1) is 11.3 Å². The summed E-state index contributed by atoms with van der Waals surface area (Å²) in [6, 6.07) is 6.47. The van der Waals surface area contributed by atoms with E-state index in [4.69, 9.17) is 17.0 Å². The smallest absolute Gasteiger partial charge is 0.0907 e. The van der Waals surface area contributed by atoms with Crippen LogP contribution in [0.5, 0.6) is 0 Å². The lowest BCUT2D eigenvalue weighted by Crippen LogP contribution is -2.40. The first-order chi connectivity index (χ1) is 9.22. The summed E-state index contributed by atoms with van der Waals surface area (Å²) in [6.07, 6.45) is 0.821. The molecule has 1 aromatic carbocycles. The van der Waals surface area contributed by atoms with Gasteiger partial charge in [-0.1, -0.05) is 18.3 Å². The molecule has 0 bridgehead atoms. The Morgan fingerprint density at radius 1 is 1.42 bits per heavy atom. The Bertz CT molecular complexity index is 603. The van der Waals surface area contributed by atoms with Crippen LogP contribution in [0.2, 0.25) is 0 Å². The zero-order valence-corrected chi connectivity index (χ0v) is 12.5. The number of aryl methyl sites for hydroxylation is 1. The number of ether oxygens (including phenoxy) is 1. The highest BCUT2D eigenvalue weighted by Gasteiger charge is 2.14. The second-order valence-electron chi connectivity index (χ2n) is 4.70. The number of hydrogen-bond acceptors (Lipinski definition) is 4. The topological polar surface area (TPSA) is 25.4 Å². The lowest BCUT2D eigenvalue weighted by molar-refractivity contribution is 0.0685. The number of aromatic nitrogens is 1. The molecule has 0 unspecified atom stereocenters. The van der Waals surface area contributed by atoms with Crippen molar-refractivity contribution >= 4 is 38.8 Å². The van der Waals surface area contributed by atoms with E-state index in [1.54, 1.807) is 11.3 Å². The van der Waals surface area contributed by atoms with E-state index in [9.17, 15) is 0 Å². The minimum atomic E-state index is 0.782. The number of morpholine rings is 1. The molecule has 0 N–H and O–H groups in total. The third-order valence-corrected chi connectivity index (χ3v) is 4.63. The first-order valence-corrected chi connectivity index (χ1v) is 7.66. The van der Waals surface area contributed by atoms with Crippen molar-refractivity contribution in [2.45, 2.75) is 13.3 Å². The summed E-state index contributed by atoms with van der Waals surface area (Å²) in [5.74, 6) is 0. The second kappa shape index (κ2) is 5.53. The minimum absolute atomic E-state index is 0.782. The number of fused-ring (bicyclic) bond motifs is 1. The van der Waals surface area contributed by atoms with Gasteiger partial charge in [0.2, 0.25) is 0 Å². The van der Waals surface area contributed by atoms with Crippen molar-refractivity contribution in [3.63, 3.8) is 0 Å². The van der Waals surface area contributed by atoms with E-state index in [0.29, 0.717) is 0 Å². The summed E-state index contributed by atoms with van der Waals surface area (Å²) in [5.41, 5.74) is 2.33. The molecule has 0 spiro atoms. The molecule has 19 heavy (non-hydrogen) atoms. The third kappa shape index (κ3) is 2.94. The molecule has 3 nitrogen and oxygen atoms in total. The van der Waals surface area contributed by atoms with Crippen LogP contribution in [-0.2, 0) is 11.2 Å². The van der Waals surface area contributed by atoms with Crippen molar-refractivity contribution in [3.8, 4) is 0 Å². The van der Waals surface area contributed by atoms with Crippen molar-refractivity contribution < 1.29 is 4.74 Å². The van der Waals surface area contributed by atoms with E-state index < -0.39 is 0 Å². The van der Waals surface area contributed by atoms with Crippen molar-refractivity contribution in [1.82, 2.24) is 9.88 Å². The molecule has 1 aliphatic heterocycles. The summed E-state index contributed by atoms with van der Waals surface area (Å²) < 4.78 is 6.60. The molecule has 100 valence electrons. The van der Waals surface area contributed by atoms with Crippen LogP contribution in [-0.4, -0.2) is 41.2 Å². The lowest BCUT2D eigenvalue weighted by Gasteiger charge is -2.29. The van der Waals surface area contributed by atoms with Gasteiger partial charge in [-0.3, -0.25) is 0 Å². The minimum Gasteiger partial charge on any atom is -0.378 e. The quantitative estimate of drug-likeness (QED) is 0.795. The normalized spacial score (nSPS) is 15.9. The Balaban J connectivity index is 1.74. The zero-order valence-electron chi connectivity index (χ0n) is 10.9. The third-order valence-electron chi connectivity index (χ3n) is 3.28. The fourth-order valence-electron chi connectivity index (χ4n) is 2.30. The van der Waals surface area contributed by atoms with Gasteiger partial charge in [0.05, 0.1) is 33.4 Å². The van der Waals surface area contributed by atoms with Crippen LogP contribution < -0.4 is 0 Å². The SMILES string of the molecule is Cc1nc2cc(CC(=S)N3CCOCC3)ccc2s1. The van der Waals surface area contributed by atoms with Gasteiger partial charge in [0, 0.05) is 19.5 Å². The highest BCUT2D eigenvalue weighted by molar-refractivity contribution is 7.80. The summed E-state index contributed by atoms with van der Waals surface area (Å²) in [5, 5.41) is 1.11. The van der Waals surface area contributed by atoms with Crippen molar-refractivity contribution in [3.05, 3.63) is 28.8 Å².